The zero-order valence-corrected chi connectivity index (χ0v) is 11.5. The molecule has 0 aromatic heterocycles. The second kappa shape index (κ2) is 7.88. The maximum absolute atomic E-state index is 12.2. The zero-order valence-electron chi connectivity index (χ0n) is 11.5. The molecule has 0 aliphatic rings. The molecular weight excluding hydrogens is 224 g/mol. The third-order valence-electron chi connectivity index (χ3n) is 3.20. The number of carbonyl (C=O) groups excluding carboxylic acids is 1. The maximum Gasteiger partial charge on any atom is 0.226 e. The fourth-order valence-corrected chi connectivity index (χ4v) is 2.01. The minimum atomic E-state index is 0.201. The first-order valence-electron chi connectivity index (χ1n) is 6.77. The summed E-state index contributed by atoms with van der Waals surface area (Å²) in [7, 11) is 0. The number of carbonyl (C=O) groups is 1. The Labute approximate surface area is 110 Å². The van der Waals surface area contributed by atoms with Crippen molar-refractivity contribution < 1.29 is 4.79 Å². The van der Waals surface area contributed by atoms with Crippen LogP contribution in [0.3, 0.4) is 0 Å². The molecule has 1 rings (SSSR count). The van der Waals surface area contributed by atoms with Gasteiger partial charge in [0.2, 0.25) is 5.91 Å². The van der Waals surface area contributed by atoms with Gasteiger partial charge in [-0.1, -0.05) is 37.6 Å². The third-order valence-corrected chi connectivity index (χ3v) is 3.20. The van der Waals surface area contributed by atoms with Crippen molar-refractivity contribution in [1.82, 2.24) is 4.90 Å². The van der Waals surface area contributed by atoms with Gasteiger partial charge >= 0.3 is 0 Å². The molecule has 1 aromatic carbocycles. The van der Waals surface area contributed by atoms with Gasteiger partial charge in [0.1, 0.15) is 0 Å². The largest absolute Gasteiger partial charge is 0.343 e. The summed E-state index contributed by atoms with van der Waals surface area (Å²) in [4.78, 5) is 14.1. The van der Waals surface area contributed by atoms with Gasteiger partial charge in [0, 0.05) is 19.6 Å². The molecule has 1 aromatic rings. The van der Waals surface area contributed by atoms with Crippen LogP contribution in [-0.4, -0.2) is 23.9 Å². The van der Waals surface area contributed by atoms with Crippen molar-refractivity contribution >= 4 is 5.91 Å². The van der Waals surface area contributed by atoms with Crippen LogP contribution in [0.2, 0.25) is 0 Å². The van der Waals surface area contributed by atoms with Crippen molar-refractivity contribution in [2.75, 3.05) is 13.1 Å². The molecule has 0 aliphatic carbocycles. The first kappa shape index (κ1) is 14.7. The Kier molecular flexibility index (Phi) is 6.44. The number of benzene rings is 1. The van der Waals surface area contributed by atoms with E-state index in [4.69, 9.17) is 5.73 Å². The molecule has 0 aliphatic heterocycles. The summed E-state index contributed by atoms with van der Waals surface area (Å²) in [5, 5.41) is 0. The van der Waals surface area contributed by atoms with Crippen molar-refractivity contribution in [1.29, 1.82) is 0 Å². The molecule has 0 heterocycles. The van der Waals surface area contributed by atoms with E-state index in [9.17, 15) is 4.79 Å². The maximum atomic E-state index is 12.2. The normalized spacial score (nSPS) is 10.4. The van der Waals surface area contributed by atoms with Crippen LogP contribution in [0.25, 0.3) is 0 Å². The Morgan fingerprint density at radius 1 is 1.22 bits per heavy atom. The Morgan fingerprint density at radius 2 is 1.89 bits per heavy atom. The average molecular weight is 248 g/mol. The van der Waals surface area contributed by atoms with E-state index in [1.165, 1.54) is 0 Å². The second-order valence-corrected chi connectivity index (χ2v) is 4.48. The number of amides is 1. The number of rotatable bonds is 7. The highest BCUT2D eigenvalue weighted by atomic mass is 16.2. The van der Waals surface area contributed by atoms with Crippen LogP contribution in [0, 0.1) is 0 Å². The predicted molar refractivity (Wildman–Crippen MR) is 75.2 cm³/mol. The molecule has 1 amide bonds. The van der Waals surface area contributed by atoms with Gasteiger partial charge in [-0.3, -0.25) is 4.79 Å². The fourth-order valence-electron chi connectivity index (χ4n) is 2.01. The van der Waals surface area contributed by atoms with Crippen LogP contribution >= 0.6 is 0 Å². The molecule has 0 spiro atoms. The summed E-state index contributed by atoms with van der Waals surface area (Å²) in [6.07, 6.45) is 2.65. The van der Waals surface area contributed by atoms with Gasteiger partial charge in [0.25, 0.3) is 0 Å². The lowest BCUT2D eigenvalue weighted by molar-refractivity contribution is -0.130. The summed E-state index contributed by atoms with van der Waals surface area (Å²) in [6, 6.07) is 7.91. The van der Waals surface area contributed by atoms with Gasteiger partial charge < -0.3 is 10.6 Å². The number of nitrogens with two attached hydrogens (primary N) is 1. The lowest BCUT2D eigenvalue weighted by Gasteiger charge is -2.21. The van der Waals surface area contributed by atoms with Gasteiger partial charge in [-0.05, 0) is 24.5 Å². The van der Waals surface area contributed by atoms with Crippen molar-refractivity contribution in [3.05, 3.63) is 35.4 Å². The monoisotopic (exact) mass is 248 g/mol. The summed E-state index contributed by atoms with van der Waals surface area (Å²) in [5.74, 6) is 0.201. The smallest absolute Gasteiger partial charge is 0.226 e. The van der Waals surface area contributed by atoms with Gasteiger partial charge in [-0.2, -0.15) is 0 Å². The van der Waals surface area contributed by atoms with Crippen LogP contribution in [0.1, 0.15) is 37.8 Å². The molecule has 100 valence electrons. The van der Waals surface area contributed by atoms with E-state index in [1.807, 2.05) is 36.1 Å². The average Bonchev–Trinajstić information content (AvgIpc) is 2.40. The lowest BCUT2D eigenvalue weighted by Crippen LogP contribution is -2.33. The van der Waals surface area contributed by atoms with E-state index in [0.29, 0.717) is 13.0 Å². The SMILES string of the molecule is CCCCN(CC)C(=O)Cc1ccccc1CN. The lowest BCUT2D eigenvalue weighted by atomic mass is 10.0. The summed E-state index contributed by atoms with van der Waals surface area (Å²) < 4.78 is 0. The Hall–Kier alpha value is -1.35. The molecule has 2 N–H and O–H groups in total. The van der Waals surface area contributed by atoms with Crippen LogP contribution in [0.5, 0.6) is 0 Å². The third kappa shape index (κ3) is 4.15. The molecule has 0 radical (unpaired) electrons. The van der Waals surface area contributed by atoms with E-state index in [-0.39, 0.29) is 5.91 Å². The molecule has 0 fully saturated rings. The minimum Gasteiger partial charge on any atom is -0.343 e. The molecule has 0 atom stereocenters. The zero-order chi connectivity index (χ0) is 13.4. The number of hydrogen-bond donors (Lipinski definition) is 1. The Morgan fingerprint density at radius 3 is 2.44 bits per heavy atom. The quantitative estimate of drug-likeness (QED) is 0.805. The number of nitrogens with zero attached hydrogens (tertiary/aromatic N) is 1. The molecule has 0 saturated carbocycles. The van der Waals surface area contributed by atoms with Gasteiger partial charge in [0.05, 0.1) is 6.42 Å². The van der Waals surface area contributed by atoms with E-state index < -0.39 is 0 Å². The van der Waals surface area contributed by atoms with Gasteiger partial charge in [0.15, 0.2) is 0 Å². The highest BCUT2D eigenvalue weighted by molar-refractivity contribution is 5.79. The van der Waals surface area contributed by atoms with Crippen LogP contribution in [-0.2, 0) is 17.8 Å². The molecule has 18 heavy (non-hydrogen) atoms. The van der Waals surface area contributed by atoms with Crippen molar-refractivity contribution in [2.45, 2.75) is 39.7 Å². The standard InChI is InChI=1S/C15H24N2O/c1-3-5-10-17(4-2)15(18)11-13-8-6-7-9-14(13)12-16/h6-9H,3-5,10-12,16H2,1-2H3. The first-order valence-corrected chi connectivity index (χ1v) is 6.77. The predicted octanol–water partition coefficient (Wildman–Crippen LogP) is 2.34. The van der Waals surface area contributed by atoms with Crippen molar-refractivity contribution in [2.24, 2.45) is 5.73 Å². The number of likely N-dealkylation sites (N-methyl/N-ethyl adjacent to an activating group) is 1. The molecule has 0 unspecified atom stereocenters. The van der Waals surface area contributed by atoms with Crippen LogP contribution < -0.4 is 5.73 Å². The van der Waals surface area contributed by atoms with Crippen molar-refractivity contribution in [3.63, 3.8) is 0 Å². The number of hydrogen-bond acceptors (Lipinski definition) is 2. The van der Waals surface area contributed by atoms with Gasteiger partial charge in [-0.25, -0.2) is 0 Å². The van der Waals surface area contributed by atoms with Crippen LogP contribution in [0.15, 0.2) is 24.3 Å². The summed E-state index contributed by atoms with van der Waals surface area (Å²) in [6.45, 7) is 6.30. The highest BCUT2D eigenvalue weighted by Gasteiger charge is 2.13. The van der Waals surface area contributed by atoms with Crippen LogP contribution in [0.4, 0.5) is 0 Å². The molecular formula is C15H24N2O. The molecule has 3 nitrogen and oxygen atoms in total. The first-order chi connectivity index (χ1) is 8.72. The molecule has 3 heteroatoms. The van der Waals surface area contributed by atoms with Crippen molar-refractivity contribution in [3.8, 4) is 0 Å². The van der Waals surface area contributed by atoms with E-state index in [2.05, 4.69) is 6.92 Å². The molecule has 0 bridgehead atoms. The topological polar surface area (TPSA) is 46.3 Å². The van der Waals surface area contributed by atoms with E-state index >= 15 is 0 Å². The fraction of sp³-hybridized carbons (Fsp3) is 0.533. The van der Waals surface area contributed by atoms with E-state index in [1.54, 1.807) is 0 Å². The van der Waals surface area contributed by atoms with Gasteiger partial charge in [-0.15, -0.1) is 0 Å². The highest BCUT2D eigenvalue weighted by Crippen LogP contribution is 2.10. The van der Waals surface area contributed by atoms with E-state index in [0.717, 1.165) is 37.1 Å². The number of unbranched alkanes of at least 4 members (excludes halogenated alkanes) is 1. The Bertz CT molecular complexity index is 377. The molecule has 0 saturated heterocycles. The summed E-state index contributed by atoms with van der Waals surface area (Å²) in [5.41, 5.74) is 7.81. The second-order valence-electron chi connectivity index (χ2n) is 4.48. The summed E-state index contributed by atoms with van der Waals surface area (Å²) >= 11 is 0. The minimum absolute atomic E-state index is 0.201. The Balaban J connectivity index is 2.67.